The zero-order chi connectivity index (χ0) is 15.0. The Balaban J connectivity index is 1.82. The largest absolute Gasteiger partial charge is 0.324 e. The summed E-state index contributed by atoms with van der Waals surface area (Å²) < 4.78 is 0.952. The van der Waals surface area contributed by atoms with Crippen molar-refractivity contribution in [2.75, 3.05) is 5.32 Å². The Morgan fingerprint density at radius 3 is 2.67 bits per heavy atom. The first-order valence-electron chi connectivity index (χ1n) is 6.66. The van der Waals surface area contributed by atoms with Crippen LogP contribution in [0.3, 0.4) is 0 Å². The zero-order valence-corrected chi connectivity index (χ0v) is 13.7. The highest BCUT2D eigenvalue weighted by atomic mass is 79.9. The molecule has 0 radical (unpaired) electrons. The zero-order valence-electron chi connectivity index (χ0n) is 11.4. The molecule has 0 aromatic heterocycles. The van der Waals surface area contributed by atoms with Gasteiger partial charge in [-0.1, -0.05) is 45.7 Å². The summed E-state index contributed by atoms with van der Waals surface area (Å²) in [5.74, 6) is -0.0242. The number of carbonyl (C=O) groups is 1. The molecule has 0 spiro atoms. The van der Waals surface area contributed by atoms with Crippen LogP contribution in [0.1, 0.15) is 30.1 Å². The number of hydrogen-bond donors (Lipinski definition) is 2. The van der Waals surface area contributed by atoms with Crippen molar-refractivity contribution < 1.29 is 4.79 Å². The van der Waals surface area contributed by atoms with Crippen LogP contribution in [0.25, 0.3) is 0 Å². The van der Waals surface area contributed by atoms with E-state index in [1.807, 2.05) is 49.4 Å². The highest BCUT2D eigenvalue weighted by Gasteiger charge is 2.31. The Morgan fingerprint density at radius 2 is 1.95 bits per heavy atom. The van der Waals surface area contributed by atoms with Crippen molar-refractivity contribution in [2.24, 2.45) is 0 Å². The Bertz CT molecular complexity index is 687. The molecule has 0 bridgehead atoms. The molecule has 0 aliphatic carbocycles. The topological polar surface area (TPSA) is 41.1 Å². The highest BCUT2D eigenvalue weighted by Crippen LogP contribution is 2.34. The predicted octanol–water partition coefficient (Wildman–Crippen LogP) is 4.45. The molecule has 1 heterocycles. The average molecular weight is 366 g/mol. The second-order valence-corrected chi connectivity index (χ2v) is 6.45. The summed E-state index contributed by atoms with van der Waals surface area (Å²) >= 11 is 9.32. The van der Waals surface area contributed by atoms with Gasteiger partial charge in [0.15, 0.2) is 0 Å². The van der Waals surface area contributed by atoms with Gasteiger partial charge in [0.25, 0.3) is 0 Å². The average Bonchev–Trinajstić information content (AvgIpc) is 2.75. The van der Waals surface area contributed by atoms with Crippen molar-refractivity contribution in [1.82, 2.24) is 5.32 Å². The van der Waals surface area contributed by atoms with Gasteiger partial charge in [-0.3, -0.25) is 10.1 Å². The van der Waals surface area contributed by atoms with E-state index >= 15 is 0 Å². The fourth-order valence-corrected chi connectivity index (χ4v) is 2.98. The maximum absolute atomic E-state index is 12.2. The lowest BCUT2D eigenvalue weighted by Crippen LogP contribution is -2.29. The number of benzene rings is 2. The van der Waals surface area contributed by atoms with E-state index in [0.29, 0.717) is 5.02 Å². The number of anilines is 1. The van der Waals surface area contributed by atoms with Crippen LogP contribution in [0.2, 0.25) is 5.02 Å². The molecular formula is C16H14BrClN2O. The van der Waals surface area contributed by atoms with Gasteiger partial charge in [-0.2, -0.15) is 0 Å². The normalized spacial score (nSPS) is 18.2. The van der Waals surface area contributed by atoms with E-state index in [2.05, 4.69) is 26.6 Å². The van der Waals surface area contributed by atoms with E-state index in [4.69, 9.17) is 11.6 Å². The van der Waals surface area contributed by atoms with Gasteiger partial charge < -0.3 is 5.32 Å². The van der Waals surface area contributed by atoms with Crippen LogP contribution in [-0.2, 0) is 4.79 Å². The number of hydrogen-bond acceptors (Lipinski definition) is 2. The lowest BCUT2D eigenvalue weighted by molar-refractivity contribution is -0.117. The maximum atomic E-state index is 12.2. The van der Waals surface area contributed by atoms with Gasteiger partial charge in [0.2, 0.25) is 5.91 Å². The number of nitrogens with one attached hydrogen (secondary N) is 2. The third-order valence-corrected chi connectivity index (χ3v) is 4.38. The number of fused-ring (bicyclic) bond motifs is 1. The first-order valence-corrected chi connectivity index (χ1v) is 7.83. The van der Waals surface area contributed by atoms with Crippen LogP contribution >= 0.6 is 27.5 Å². The van der Waals surface area contributed by atoms with Crippen molar-refractivity contribution in [3.05, 3.63) is 63.1 Å². The summed E-state index contributed by atoms with van der Waals surface area (Å²) in [5.41, 5.74) is 2.93. The van der Waals surface area contributed by atoms with Crippen LogP contribution < -0.4 is 10.6 Å². The van der Waals surface area contributed by atoms with Crippen LogP contribution in [0.4, 0.5) is 5.69 Å². The fourth-order valence-electron chi connectivity index (χ4n) is 2.50. The molecule has 2 aromatic carbocycles. The standard InChI is InChI=1S/C16H14BrClN2O/c1-9(10-2-5-12(18)6-3-10)19-15-13-7-4-11(17)8-14(13)20-16(15)21/h2-9,15,19H,1H3,(H,20,21). The smallest absolute Gasteiger partial charge is 0.246 e. The van der Waals surface area contributed by atoms with Crippen molar-refractivity contribution in [3.8, 4) is 0 Å². The summed E-state index contributed by atoms with van der Waals surface area (Å²) in [6.07, 6.45) is 0. The summed E-state index contributed by atoms with van der Waals surface area (Å²) in [6, 6.07) is 13.2. The SMILES string of the molecule is CC(NC1C(=O)Nc2cc(Br)ccc21)c1ccc(Cl)cc1. The monoisotopic (exact) mass is 364 g/mol. The van der Waals surface area contributed by atoms with Crippen molar-refractivity contribution >= 4 is 39.1 Å². The minimum absolute atomic E-state index is 0.0242. The summed E-state index contributed by atoms with van der Waals surface area (Å²) in [7, 11) is 0. The number of rotatable bonds is 3. The van der Waals surface area contributed by atoms with Gasteiger partial charge >= 0.3 is 0 Å². The molecule has 2 atom stereocenters. The minimum atomic E-state index is -0.334. The molecule has 2 N–H and O–H groups in total. The van der Waals surface area contributed by atoms with Gasteiger partial charge in [-0.25, -0.2) is 0 Å². The molecular weight excluding hydrogens is 352 g/mol. The van der Waals surface area contributed by atoms with Crippen LogP contribution in [0.15, 0.2) is 46.9 Å². The molecule has 108 valence electrons. The van der Waals surface area contributed by atoms with E-state index in [-0.39, 0.29) is 18.0 Å². The first kappa shape index (κ1) is 14.6. The second-order valence-electron chi connectivity index (χ2n) is 5.09. The van der Waals surface area contributed by atoms with Crippen molar-refractivity contribution in [2.45, 2.75) is 19.0 Å². The predicted molar refractivity (Wildman–Crippen MR) is 88.5 cm³/mol. The van der Waals surface area contributed by atoms with Gasteiger partial charge in [-0.15, -0.1) is 0 Å². The summed E-state index contributed by atoms with van der Waals surface area (Å²) in [6.45, 7) is 2.04. The Morgan fingerprint density at radius 1 is 1.24 bits per heavy atom. The quantitative estimate of drug-likeness (QED) is 0.844. The molecule has 2 unspecified atom stereocenters. The van der Waals surface area contributed by atoms with E-state index in [1.54, 1.807) is 0 Å². The van der Waals surface area contributed by atoms with Gasteiger partial charge in [0.1, 0.15) is 6.04 Å². The Labute approximate surface area is 136 Å². The maximum Gasteiger partial charge on any atom is 0.246 e. The molecule has 0 saturated carbocycles. The number of halogens is 2. The first-order chi connectivity index (χ1) is 10.0. The van der Waals surface area contributed by atoms with E-state index in [1.165, 1.54) is 0 Å². The van der Waals surface area contributed by atoms with Gasteiger partial charge in [0, 0.05) is 26.8 Å². The van der Waals surface area contributed by atoms with E-state index in [9.17, 15) is 4.79 Å². The van der Waals surface area contributed by atoms with Crippen molar-refractivity contribution in [1.29, 1.82) is 0 Å². The minimum Gasteiger partial charge on any atom is -0.324 e. The molecule has 2 aromatic rings. The van der Waals surface area contributed by atoms with E-state index < -0.39 is 0 Å². The van der Waals surface area contributed by atoms with Gasteiger partial charge in [-0.05, 0) is 36.8 Å². The van der Waals surface area contributed by atoms with Gasteiger partial charge in [0.05, 0.1) is 0 Å². The molecule has 1 aliphatic rings. The van der Waals surface area contributed by atoms with E-state index in [0.717, 1.165) is 21.3 Å². The highest BCUT2D eigenvalue weighted by molar-refractivity contribution is 9.10. The molecule has 5 heteroatoms. The third-order valence-electron chi connectivity index (χ3n) is 3.63. The molecule has 3 nitrogen and oxygen atoms in total. The van der Waals surface area contributed by atoms with Crippen LogP contribution in [0, 0.1) is 0 Å². The molecule has 0 fully saturated rings. The van der Waals surface area contributed by atoms with Crippen LogP contribution in [-0.4, -0.2) is 5.91 Å². The summed E-state index contributed by atoms with van der Waals surface area (Å²) in [4.78, 5) is 12.2. The fraction of sp³-hybridized carbons (Fsp3) is 0.188. The molecule has 1 amide bonds. The Kier molecular flexibility index (Phi) is 4.02. The van der Waals surface area contributed by atoms with Crippen LogP contribution in [0.5, 0.6) is 0 Å². The molecule has 1 aliphatic heterocycles. The molecule has 3 rings (SSSR count). The lowest BCUT2D eigenvalue weighted by Gasteiger charge is -2.19. The third kappa shape index (κ3) is 2.98. The molecule has 0 saturated heterocycles. The second kappa shape index (κ2) is 5.79. The number of amides is 1. The lowest BCUT2D eigenvalue weighted by atomic mass is 10.0. The Hall–Kier alpha value is -1.36. The van der Waals surface area contributed by atoms with Crippen molar-refractivity contribution in [3.63, 3.8) is 0 Å². The number of carbonyl (C=O) groups excluding carboxylic acids is 1. The molecule has 21 heavy (non-hydrogen) atoms. The summed E-state index contributed by atoms with van der Waals surface area (Å²) in [5, 5.41) is 6.98.